The average molecular weight is 363 g/mol. The maximum Gasteiger partial charge on any atom is 0.0936 e. The van der Waals surface area contributed by atoms with Crippen LogP contribution in [0, 0.1) is 0 Å². The van der Waals surface area contributed by atoms with Gasteiger partial charge in [-0.3, -0.25) is 10.00 Å². The molecule has 2 heterocycles. The van der Waals surface area contributed by atoms with Gasteiger partial charge in [0.15, 0.2) is 0 Å². The third kappa shape index (κ3) is 4.45. The number of likely N-dealkylation sites (N-methyl/N-ethyl adjacent to an activating group) is 1. The van der Waals surface area contributed by atoms with Crippen LogP contribution in [0.15, 0.2) is 60.8 Å². The molecule has 1 atom stereocenters. The number of aromatic nitrogens is 2. The molecule has 0 amide bonds. The van der Waals surface area contributed by atoms with Crippen LogP contribution in [0.25, 0.3) is 22.4 Å². The molecule has 1 fully saturated rings. The van der Waals surface area contributed by atoms with E-state index in [1.807, 2.05) is 12.3 Å². The Kier molecular flexibility index (Phi) is 5.63. The second-order valence-corrected chi connectivity index (χ2v) is 6.98. The molecule has 0 radical (unpaired) electrons. The highest BCUT2D eigenvalue weighted by Crippen LogP contribution is 2.26. The third-order valence-electron chi connectivity index (χ3n) is 4.84. The molecule has 4 rings (SSSR count). The van der Waals surface area contributed by atoms with Crippen molar-refractivity contribution in [2.45, 2.75) is 12.6 Å². The van der Waals surface area contributed by atoms with Crippen molar-refractivity contribution in [2.75, 3.05) is 33.4 Å². The summed E-state index contributed by atoms with van der Waals surface area (Å²) >= 11 is 0. The van der Waals surface area contributed by atoms with Crippen LogP contribution < -0.4 is 0 Å². The Hall–Kier alpha value is -2.47. The summed E-state index contributed by atoms with van der Waals surface area (Å²) < 4.78 is 11.2. The normalized spacial score (nSPS) is 17.3. The van der Waals surface area contributed by atoms with Crippen LogP contribution in [-0.4, -0.2) is 54.6 Å². The molecule has 3 aromatic rings. The Balaban J connectivity index is 1.45. The Labute approximate surface area is 159 Å². The number of nitrogens with zero attached hydrogens (tertiary/aromatic N) is 2. The SMILES string of the molecule is CN(Cc1cn[nH]c1-c1ccc(-c2ccccc2)cc1)C[C@@H]1COCCO1. The molecule has 0 unspecified atom stereocenters. The zero-order chi connectivity index (χ0) is 18.5. The molecule has 0 aliphatic carbocycles. The first-order valence-electron chi connectivity index (χ1n) is 9.35. The quantitative estimate of drug-likeness (QED) is 0.727. The molecule has 1 N–H and O–H groups in total. The maximum absolute atomic E-state index is 5.75. The molecular formula is C22H25N3O2. The van der Waals surface area contributed by atoms with Gasteiger partial charge in [0.1, 0.15) is 0 Å². The average Bonchev–Trinajstić information content (AvgIpc) is 3.17. The molecule has 0 saturated carbocycles. The summed E-state index contributed by atoms with van der Waals surface area (Å²) in [6.07, 6.45) is 2.05. The maximum atomic E-state index is 5.75. The van der Waals surface area contributed by atoms with E-state index >= 15 is 0 Å². The van der Waals surface area contributed by atoms with E-state index < -0.39 is 0 Å². The van der Waals surface area contributed by atoms with Gasteiger partial charge < -0.3 is 9.47 Å². The van der Waals surface area contributed by atoms with Crippen molar-refractivity contribution in [1.29, 1.82) is 0 Å². The zero-order valence-electron chi connectivity index (χ0n) is 15.6. The monoisotopic (exact) mass is 363 g/mol. The highest BCUT2D eigenvalue weighted by molar-refractivity contribution is 5.69. The van der Waals surface area contributed by atoms with Crippen LogP contribution in [0.2, 0.25) is 0 Å². The second kappa shape index (κ2) is 8.48. The van der Waals surface area contributed by atoms with E-state index in [-0.39, 0.29) is 6.10 Å². The van der Waals surface area contributed by atoms with E-state index in [4.69, 9.17) is 9.47 Å². The molecule has 5 nitrogen and oxygen atoms in total. The van der Waals surface area contributed by atoms with E-state index in [0.29, 0.717) is 19.8 Å². The molecule has 0 spiro atoms. The van der Waals surface area contributed by atoms with Crippen molar-refractivity contribution >= 4 is 0 Å². The molecule has 1 aromatic heterocycles. The number of hydrogen-bond donors (Lipinski definition) is 1. The Morgan fingerprint density at radius 2 is 1.74 bits per heavy atom. The Bertz CT molecular complexity index is 840. The van der Waals surface area contributed by atoms with Gasteiger partial charge in [-0.2, -0.15) is 5.10 Å². The second-order valence-electron chi connectivity index (χ2n) is 6.98. The van der Waals surface area contributed by atoms with Gasteiger partial charge >= 0.3 is 0 Å². The summed E-state index contributed by atoms with van der Waals surface area (Å²) in [6, 6.07) is 19.0. The van der Waals surface area contributed by atoms with Gasteiger partial charge in [-0.25, -0.2) is 0 Å². The number of rotatable bonds is 6. The smallest absolute Gasteiger partial charge is 0.0936 e. The van der Waals surface area contributed by atoms with Crippen LogP contribution in [0.5, 0.6) is 0 Å². The predicted octanol–water partition coefficient (Wildman–Crippen LogP) is 3.59. The topological polar surface area (TPSA) is 50.4 Å². The van der Waals surface area contributed by atoms with Crippen LogP contribution in [0.1, 0.15) is 5.56 Å². The van der Waals surface area contributed by atoms with E-state index in [0.717, 1.165) is 24.3 Å². The summed E-state index contributed by atoms with van der Waals surface area (Å²) in [5.41, 5.74) is 5.84. The first-order valence-corrected chi connectivity index (χ1v) is 9.35. The van der Waals surface area contributed by atoms with Crippen LogP contribution in [-0.2, 0) is 16.0 Å². The highest BCUT2D eigenvalue weighted by atomic mass is 16.6. The van der Waals surface area contributed by atoms with Gasteiger partial charge in [-0.15, -0.1) is 0 Å². The minimum Gasteiger partial charge on any atom is -0.376 e. The number of hydrogen-bond acceptors (Lipinski definition) is 4. The highest BCUT2D eigenvalue weighted by Gasteiger charge is 2.18. The molecule has 2 aromatic carbocycles. The van der Waals surface area contributed by atoms with Gasteiger partial charge in [-0.05, 0) is 23.7 Å². The first-order chi connectivity index (χ1) is 13.3. The van der Waals surface area contributed by atoms with Gasteiger partial charge in [0.2, 0.25) is 0 Å². The molecule has 0 bridgehead atoms. The van der Waals surface area contributed by atoms with Crippen LogP contribution in [0.3, 0.4) is 0 Å². The van der Waals surface area contributed by atoms with Crippen molar-refractivity contribution in [3.63, 3.8) is 0 Å². The molecule has 27 heavy (non-hydrogen) atoms. The van der Waals surface area contributed by atoms with Crippen molar-refractivity contribution in [1.82, 2.24) is 15.1 Å². The fourth-order valence-electron chi connectivity index (χ4n) is 3.49. The van der Waals surface area contributed by atoms with Crippen LogP contribution in [0.4, 0.5) is 0 Å². The molecule has 1 saturated heterocycles. The molecular weight excluding hydrogens is 338 g/mol. The fourth-order valence-corrected chi connectivity index (χ4v) is 3.49. The van der Waals surface area contributed by atoms with Crippen molar-refractivity contribution < 1.29 is 9.47 Å². The van der Waals surface area contributed by atoms with E-state index in [1.165, 1.54) is 16.7 Å². The lowest BCUT2D eigenvalue weighted by Gasteiger charge is -2.27. The summed E-state index contributed by atoms with van der Waals surface area (Å²) in [6.45, 7) is 3.71. The molecule has 140 valence electrons. The molecule has 5 heteroatoms. The standard InChI is InChI=1S/C22H25N3O2/c1-25(15-21-16-26-11-12-27-21)14-20-13-23-24-22(20)19-9-7-18(8-10-19)17-5-3-2-4-6-17/h2-10,13,21H,11-12,14-16H2,1H3,(H,23,24)/t21-/m1/s1. The molecule has 1 aliphatic rings. The van der Waals surface area contributed by atoms with Crippen molar-refractivity contribution in [3.05, 3.63) is 66.4 Å². The van der Waals surface area contributed by atoms with Crippen LogP contribution >= 0.6 is 0 Å². The number of ether oxygens (including phenoxy) is 2. The van der Waals surface area contributed by atoms with E-state index in [1.54, 1.807) is 0 Å². The summed E-state index contributed by atoms with van der Waals surface area (Å²) in [5.74, 6) is 0. The van der Waals surface area contributed by atoms with E-state index in [2.05, 4.69) is 70.7 Å². The van der Waals surface area contributed by atoms with Crippen molar-refractivity contribution in [2.24, 2.45) is 0 Å². The summed E-state index contributed by atoms with van der Waals surface area (Å²) in [4.78, 5) is 2.26. The number of benzene rings is 2. The lowest BCUT2D eigenvalue weighted by Crippen LogP contribution is -2.38. The Morgan fingerprint density at radius 1 is 1.00 bits per heavy atom. The van der Waals surface area contributed by atoms with Gasteiger partial charge in [0, 0.05) is 18.7 Å². The Morgan fingerprint density at radius 3 is 2.48 bits per heavy atom. The number of H-pyrrole nitrogens is 1. The number of nitrogens with one attached hydrogen (secondary N) is 1. The van der Waals surface area contributed by atoms with E-state index in [9.17, 15) is 0 Å². The lowest BCUT2D eigenvalue weighted by atomic mass is 10.0. The minimum atomic E-state index is 0.143. The molecule has 1 aliphatic heterocycles. The fraction of sp³-hybridized carbons (Fsp3) is 0.318. The zero-order valence-corrected chi connectivity index (χ0v) is 15.6. The summed E-state index contributed by atoms with van der Waals surface area (Å²) in [5, 5.41) is 7.43. The summed E-state index contributed by atoms with van der Waals surface area (Å²) in [7, 11) is 2.10. The van der Waals surface area contributed by atoms with Gasteiger partial charge in [-0.1, -0.05) is 54.6 Å². The largest absolute Gasteiger partial charge is 0.376 e. The van der Waals surface area contributed by atoms with Gasteiger partial charge in [0.25, 0.3) is 0 Å². The van der Waals surface area contributed by atoms with Crippen molar-refractivity contribution in [3.8, 4) is 22.4 Å². The first kappa shape index (κ1) is 17.9. The minimum absolute atomic E-state index is 0.143. The third-order valence-corrected chi connectivity index (χ3v) is 4.84. The predicted molar refractivity (Wildman–Crippen MR) is 106 cm³/mol. The lowest BCUT2D eigenvalue weighted by molar-refractivity contribution is -0.0962. The van der Waals surface area contributed by atoms with Gasteiger partial charge in [0.05, 0.1) is 37.8 Å². The number of aromatic amines is 1.